The number of hydrogen-bond donors (Lipinski definition) is 2. The second kappa shape index (κ2) is 9.23. The number of nitrogens with zero attached hydrogens (tertiary/aromatic N) is 2. The number of amides is 1. The van der Waals surface area contributed by atoms with Crippen molar-refractivity contribution in [2.75, 3.05) is 33.7 Å². The monoisotopic (exact) mass is 310 g/mol. The highest BCUT2D eigenvalue weighted by atomic mass is 35.5. The molecule has 116 valence electrons. The summed E-state index contributed by atoms with van der Waals surface area (Å²) in [6.07, 6.45) is 0.840. The predicted molar refractivity (Wildman–Crippen MR) is 87.8 cm³/mol. The van der Waals surface area contributed by atoms with Crippen LogP contribution in [0.15, 0.2) is 29.3 Å². The number of benzene rings is 1. The number of aliphatic imine (C=N–C) groups is 1. The van der Waals surface area contributed by atoms with E-state index in [1.807, 2.05) is 31.2 Å². The van der Waals surface area contributed by atoms with Crippen LogP contribution in [0.1, 0.15) is 12.5 Å². The first-order chi connectivity index (χ1) is 10.0. The number of carbonyl (C=O) groups excluding carboxylic acids is 1. The van der Waals surface area contributed by atoms with E-state index in [0.29, 0.717) is 5.96 Å². The molecule has 21 heavy (non-hydrogen) atoms. The first kappa shape index (κ1) is 17.3. The van der Waals surface area contributed by atoms with Crippen LogP contribution in [-0.2, 0) is 11.2 Å². The van der Waals surface area contributed by atoms with E-state index in [4.69, 9.17) is 11.6 Å². The van der Waals surface area contributed by atoms with Crippen molar-refractivity contribution in [2.24, 2.45) is 4.99 Å². The Morgan fingerprint density at radius 1 is 1.33 bits per heavy atom. The average molecular weight is 311 g/mol. The van der Waals surface area contributed by atoms with E-state index in [9.17, 15) is 4.79 Å². The Labute approximate surface area is 131 Å². The molecule has 1 amide bonds. The van der Waals surface area contributed by atoms with Gasteiger partial charge in [-0.1, -0.05) is 23.7 Å². The number of halogens is 1. The van der Waals surface area contributed by atoms with Crippen LogP contribution in [0.25, 0.3) is 0 Å². The molecule has 5 nitrogen and oxygen atoms in total. The maximum absolute atomic E-state index is 11.5. The lowest BCUT2D eigenvalue weighted by molar-refractivity contribution is -0.127. The molecule has 1 aromatic carbocycles. The molecular weight excluding hydrogens is 288 g/mol. The van der Waals surface area contributed by atoms with Crippen molar-refractivity contribution >= 4 is 23.5 Å². The van der Waals surface area contributed by atoms with Gasteiger partial charge in [0.1, 0.15) is 6.54 Å². The summed E-state index contributed by atoms with van der Waals surface area (Å²) in [7, 11) is 3.44. The minimum absolute atomic E-state index is 0.0259. The third-order valence-electron chi connectivity index (χ3n) is 2.81. The molecular formula is C15H23ClN4O. The molecule has 0 bridgehead atoms. The highest BCUT2D eigenvalue weighted by Crippen LogP contribution is 2.10. The second-order valence-electron chi connectivity index (χ2n) is 4.79. The van der Waals surface area contributed by atoms with E-state index in [1.54, 1.807) is 14.1 Å². The maximum Gasteiger partial charge on any atom is 0.243 e. The Morgan fingerprint density at radius 3 is 2.71 bits per heavy atom. The van der Waals surface area contributed by atoms with Gasteiger partial charge in [-0.2, -0.15) is 0 Å². The standard InChI is InChI=1S/C15H23ClN4O/c1-4-17-15(19-11-14(21)20(2)3)18-9-8-12-6-5-7-13(16)10-12/h5-7,10H,4,8-9,11H2,1-3H3,(H2,17,18,19). The van der Waals surface area contributed by atoms with Gasteiger partial charge in [-0.25, -0.2) is 4.99 Å². The van der Waals surface area contributed by atoms with Crippen molar-refractivity contribution in [3.63, 3.8) is 0 Å². The Bertz CT molecular complexity index is 488. The van der Waals surface area contributed by atoms with E-state index >= 15 is 0 Å². The van der Waals surface area contributed by atoms with Crippen molar-refractivity contribution in [1.29, 1.82) is 0 Å². The summed E-state index contributed by atoms with van der Waals surface area (Å²) < 4.78 is 0. The van der Waals surface area contributed by atoms with Gasteiger partial charge in [-0.3, -0.25) is 4.79 Å². The zero-order valence-electron chi connectivity index (χ0n) is 12.8. The SMILES string of the molecule is CCNC(=NCC(=O)N(C)C)NCCc1cccc(Cl)c1. The largest absolute Gasteiger partial charge is 0.357 e. The van der Waals surface area contributed by atoms with Crippen LogP contribution in [0.3, 0.4) is 0 Å². The molecule has 0 atom stereocenters. The van der Waals surface area contributed by atoms with Gasteiger partial charge in [0.15, 0.2) is 5.96 Å². The Kier molecular flexibility index (Phi) is 7.61. The Balaban J connectivity index is 2.47. The van der Waals surface area contributed by atoms with Gasteiger partial charge in [-0.15, -0.1) is 0 Å². The molecule has 1 rings (SSSR count). The predicted octanol–water partition coefficient (Wildman–Crippen LogP) is 1.53. The number of likely N-dealkylation sites (N-methyl/N-ethyl adjacent to an activating group) is 1. The van der Waals surface area contributed by atoms with Crippen molar-refractivity contribution < 1.29 is 4.79 Å². The van der Waals surface area contributed by atoms with Crippen LogP contribution < -0.4 is 10.6 Å². The van der Waals surface area contributed by atoms with Crippen LogP contribution in [0.4, 0.5) is 0 Å². The van der Waals surface area contributed by atoms with Crippen LogP contribution in [0.5, 0.6) is 0 Å². The van der Waals surface area contributed by atoms with E-state index in [2.05, 4.69) is 15.6 Å². The minimum Gasteiger partial charge on any atom is -0.357 e. The van der Waals surface area contributed by atoms with Crippen LogP contribution in [-0.4, -0.2) is 50.5 Å². The molecule has 6 heteroatoms. The molecule has 0 saturated carbocycles. The molecule has 0 fully saturated rings. The van der Waals surface area contributed by atoms with E-state index in [1.165, 1.54) is 4.90 Å². The number of rotatable bonds is 6. The van der Waals surface area contributed by atoms with Crippen molar-refractivity contribution in [1.82, 2.24) is 15.5 Å². The molecule has 0 aliphatic rings. The van der Waals surface area contributed by atoms with Crippen molar-refractivity contribution in [2.45, 2.75) is 13.3 Å². The fraction of sp³-hybridized carbons (Fsp3) is 0.467. The molecule has 0 radical (unpaired) electrons. The lowest BCUT2D eigenvalue weighted by Gasteiger charge is -2.12. The quantitative estimate of drug-likeness (QED) is 0.619. The summed E-state index contributed by atoms with van der Waals surface area (Å²) in [5, 5.41) is 7.07. The third-order valence-corrected chi connectivity index (χ3v) is 3.05. The van der Waals surface area contributed by atoms with Crippen LogP contribution in [0, 0.1) is 0 Å². The van der Waals surface area contributed by atoms with E-state index < -0.39 is 0 Å². The number of carbonyl (C=O) groups is 1. The van der Waals surface area contributed by atoms with Gasteiger partial charge < -0.3 is 15.5 Å². The number of guanidine groups is 1. The highest BCUT2D eigenvalue weighted by molar-refractivity contribution is 6.30. The van der Waals surface area contributed by atoms with Crippen LogP contribution in [0.2, 0.25) is 5.02 Å². The Morgan fingerprint density at radius 2 is 2.10 bits per heavy atom. The molecule has 0 aliphatic heterocycles. The molecule has 0 aromatic heterocycles. The highest BCUT2D eigenvalue weighted by Gasteiger charge is 2.04. The first-order valence-electron chi connectivity index (χ1n) is 6.99. The summed E-state index contributed by atoms with van der Waals surface area (Å²) >= 11 is 5.95. The van der Waals surface area contributed by atoms with Gasteiger partial charge in [-0.05, 0) is 31.0 Å². The lowest BCUT2D eigenvalue weighted by Crippen LogP contribution is -2.39. The summed E-state index contributed by atoms with van der Waals surface area (Å²) in [6, 6.07) is 7.78. The van der Waals surface area contributed by atoms with Gasteiger partial charge in [0, 0.05) is 32.2 Å². The summed E-state index contributed by atoms with van der Waals surface area (Å²) in [5.41, 5.74) is 1.16. The zero-order valence-corrected chi connectivity index (χ0v) is 13.6. The molecule has 2 N–H and O–H groups in total. The zero-order chi connectivity index (χ0) is 15.7. The average Bonchev–Trinajstić information content (AvgIpc) is 2.44. The maximum atomic E-state index is 11.5. The van der Waals surface area contributed by atoms with E-state index in [0.717, 1.165) is 30.1 Å². The second-order valence-corrected chi connectivity index (χ2v) is 5.23. The van der Waals surface area contributed by atoms with Gasteiger partial charge in [0.25, 0.3) is 0 Å². The van der Waals surface area contributed by atoms with Gasteiger partial charge in [0.05, 0.1) is 0 Å². The fourth-order valence-corrected chi connectivity index (χ4v) is 1.86. The van der Waals surface area contributed by atoms with Crippen LogP contribution >= 0.6 is 11.6 Å². The summed E-state index contributed by atoms with van der Waals surface area (Å²) in [4.78, 5) is 17.3. The summed E-state index contributed by atoms with van der Waals surface area (Å²) in [6.45, 7) is 3.60. The third kappa shape index (κ3) is 6.99. The molecule has 0 unspecified atom stereocenters. The lowest BCUT2D eigenvalue weighted by atomic mass is 10.1. The smallest absolute Gasteiger partial charge is 0.243 e. The van der Waals surface area contributed by atoms with Crippen molar-refractivity contribution in [3.8, 4) is 0 Å². The number of hydrogen-bond acceptors (Lipinski definition) is 2. The minimum atomic E-state index is -0.0259. The molecule has 0 aliphatic carbocycles. The molecule has 0 heterocycles. The molecule has 1 aromatic rings. The van der Waals surface area contributed by atoms with Crippen molar-refractivity contribution in [3.05, 3.63) is 34.9 Å². The van der Waals surface area contributed by atoms with E-state index in [-0.39, 0.29) is 12.5 Å². The van der Waals surface area contributed by atoms with Gasteiger partial charge in [0.2, 0.25) is 5.91 Å². The topological polar surface area (TPSA) is 56.7 Å². The fourth-order valence-electron chi connectivity index (χ4n) is 1.65. The Hall–Kier alpha value is -1.75. The first-order valence-corrected chi connectivity index (χ1v) is 7.37. The normalized spacial score (nSPS) is 11.1. The number of nitrogens with one attached hydrogen (secondary N) is 2. The van der Waals surface area contributed by atoms with Gasteiger partial charge >= 0.3 is 0 Å². The molecule has 0 saturated heterocycles. The molecule has 0 spiro atoms. The summed E-state index contributed by atoms with van der Waals surface area (Å²) in [5.74, 6) is 0.622.